The number of hydrogen-bond donors (Lipinski definition) is 1. The van der Waals surface area contributed by atoms with Crippen molar-refractivity contribution in [2.24, 2.45) is 0 Å². The predicted octanol–water partition coefficient (Wildman–Crippen LogP) is 1.83. The van der Waals surface area contributed by atoms with Gasteiger partial charge in [0.15, 0.2) is 5.78 Å². The lowest BCUT2D eigenvalue weighted by molar-refractivity contribution is -0.116. The molecule has 13 heavy (non-hydrogen) atoms. The van der Waals surface area contributed by atoms with E-state index >= 15 is 0 Å². The van der Waals surface area contributed by atoms with Crippen molar-refractivity contribution < 1.29 is 23.1 Å². The van der Waals surface area contributed by atoms with Crippen LogP contribution < -0.4 is 0 Å². The van der Waals surface area contributed by atoms with Gasteiger partial charge < -0.3 is 5.11 Å². The van der Waals surface area contributed by atoms with E-state index in [0.29, 0.717) is 6.08 Å². The Kier molecular flexibility index (Phi) is 4.13. The Morgan fingerprint density at radius 1 is 1.54 bits per heavy atom. The molecule has 0 aromatic carbocycles. The minimum atomic E-state index is -4.64. The number of aliphatic hydroxyl groups excluding tert-OH is 1. The summed E-state index contributed by atoms with van der Waals surface area (Å²) in [7, 11) is 0. The molecule has 0 aromatic heterocycles. The summed E-state index contributed by atoms with van der Waals surface area (Å²) in [6.07, 6.45) is -5.91. The van der Waals surface area contributed by atoms with Crippen molar-refractivity contribution in [2.75, 3.05) is 0 Å². The topological polar surface area (TPSA) is 37.3 Å². The minimum Gasteiger partial charge on any atom is -0.388 e. The Bertz CT molecular complexity index is 218. The lowest BCUT2D eigenvalue weighted by Gasteiger charge is -2.15. The fraction of sp³-hybridized carbons (Fsp3) is 0.625. The number of rotatable bonds is 3. The van der Waals surface area contributed by atoms with Gasteiger partial charge in [0.2, 0.25) is 0 Å². The van der Waals surface area contributed by atoms with Crippen LogP contribution in [0.1, 0.15) is 20.3 Å². The quantitative estimate of drug-likeness (QED) is 0.699. The van der Waals surface area contributed by atoms with Crippen LogP contribution in [0.15, 0.2) is 11.6 Å². The molecule has 1 atom stereocenters. The van der Waals surface area contributed by atoms with Gasteiger partial charge in [0, 0.05) is 0 Å². The van der Waals surface area contributed by atoms with Gasteiger partial charge in [-0.15, -0.1) is 0 Å². The van der Waals surface area contributed by atoms with E-state index in [2.05, 4.69) is 0 Å². The van der Waals surface area contributed by atoms with Crippen molar-refractivity contribution in [3.63, 3.8) is 0 Å². The zero-order valence-corrected chi connectivity index (χ0v) is 7.35. The van der Waals surface area contributed by atoms with Gasteiger partial charge in [-0.2, -0.15) is 13.2 Å². The van der Waals surface area contributed by atoms with Crippen molar-refractivity contribution >= 4 is 5.78 Å². The SMILES string of the molecule is CCC(O)/C(=C/C(C)=O)C(F)(F)F. The Hall–Kier alpha value is -0.840. The summed E-state index contributed by atoms with van der Waals surface area (Å²) in [4.78, 5) is 10.4. The van der Waals surface area contributed by atoms with Gasteiger partial charge in [0.1, 0.15) is 0 Å². The monoisotopic (exact) mass is 196 g/mol. The number of aliphatic hydroxyl groups is 1. The first-order valence-corrected chi connectivity index (χ1v) is 3.76. The van der Waals surface area contributed by atoms with Crippen molar-refractivity contribution in [3.05, 3.63) is 11.6 Å². The molecule has 76 valence electrons. The van der Waals surface area contributed by atoms with Crippen molar-refractivity contribution in [2.45, 2.75) is 32.5 Å². The molecule has 0 saturated carbocycles. The van der Waals surface area contributed by atoms with Gasteiger partial charge >= 0.3 is 6.18 Å². The Morgan fingerprint density at radius 3 is 2.23 bits per heavy atom. The first-order chi connectivity index (χ1) is 5.79. The molecule has 0 bridgehead atoms. The molecule has 1 N–H and O–H groups in total. The summed E-state index contributed by atoms with van der Waals surface area (Å²) in [6, 6.07) is 0. The number of carbonyl (C=O) groups excluding carboxylic acids is 1. The van der Waals surface area contributed by atoms with E-state index in [1.165, 1.54) is 6.92 Å². The van der Waals surface area contributed by atoms with Gasteiger partial charge in [0.25, 0.3) is 0 Å². The van der Waals surface area contributed by atoms with Crippen LogP contribution in [0.2, 0.25) is 0 Å². The average molecular weight is 196 g/mol. The third-order valence-corrected chi connectivity index (χ3v) is 1.43. The van der Waals surface area contributed by atoms with Crippen LogP contribution in [0.25, 0.3) is 0 Å². The summed E-state index contributed by atoms with van der Waals surface area (Å²) in [5.41, 5.74) is -1.18. The highest BCUT2D eigenvalue weighted by molar-refractivity contribution is 5.88. The first kappa shape index (κ1) is 12.2. The second kappa shape index (κ2) is 4.41. The lowest BCUT2D eigenvalue weighted by atomic mass is 10.1. The van der Waals surface area contributed by atoms with Gasteiger partial charge in [-0.1, -0.05) is 6.92 Å². The minimum absolute atomic E-state index is 0.0708. The van der Waals surface area contributed by atoms with E-state index in [9.17, 15) is 18.0 Å². The van der Waals surface area contributed by atoms with Crippen LogP contribution in [0.4, 0.5) is 13.2 Å². The molecule has 0 saturated heterocycles. The fourth-order valence-corrected chi connectivity index (χ4v) is 0.806. The molecule has 0 aliphatic rings. The number of carbonyl (C=O) groups is 1. The fourth-order valence-electron chi connectivity index (χ4n) is 0.806. The van der Waals surface area contributed by atoms with Crippen molar-refractivity contribution in [1.82, 2.24) is 0 Å². The molecule has 0 amide bonds. The van der Waals surface area contributed by atoms with Crippen molar-refractivity contribution in [3.8, 4) is 0 Å². The van der Waals surface area contributed by atoms with E-state index in [1.807, 2.05) is 0 Å². The van der Waals surface area contributed by atoms with Gasteiger partial charge in [0.05, 0.1) is 11.7 Å². The summed E-state index contributed by atoms with van der Waals surface area (Å²) in [6.45, 7) is 2.42. The standard InChI is InChI=1S/C8H11F3O2/c1-3-7(13)6(4-5(2)12)8(9,10)11/h4,7,13H,3H2,1-2H3/b6-4-. The Balaban J connectivity index is 4.87. The average Bonchev–Trinajstić information content (AvgIpc) is 1.96. The molecule has 0 fully saturated rings. The molecule has 0 aromatic rings. The molecule has 0 heterocycles. The van der Waals surface area contributed by atoms with Gasteiger partial charge in [-0.05, 0) is 19.4 Å². The molecule has 1 unspecified atom stereocenters. The zero-order valence-electron chi connectivity index (χ0n) is 7.35. The third kappa shape index (κ3) is 4.07. The maximum atomic E-state index is 12.1. The highest BCUT2D eigenvalue weighted by atomic mass is 19.4. The normalized spacial score (nSPS) is 15.7. The molecular weight excluding hydrogens is 185 g/mol. The maximum absolute atomic E-state index is 12.1. The number of halogens is 3. The molecule has 0 aliphatic carbocycles. The van der Waals surface area contributed by atoms with E-state index < -0.39 is 23.6 Å². The largest absolute Gasteiger partial charge is 0.415 e. The van der Waals surface area contributed by atoms with Crippen LogP contribution in [0.5, 0.6) is 0 Å². The second-order valence-electron chi connectivity index (χ2n) is 2.63. The predicted molar refractivity (Wildman–Crippen MR) is 41.1 cm³/mol. The second-order valence-corrected chi connectivity index (χ2v) is 2.63. The smallest absolute Gasteiger partial charge is 0.388 e. The van der Waals surface area contributed by atoms with Crippen molar-refractivity contribution in [1.29, 1.82) is 0 Å². The molecule has 5 heteroatoms. The van der Waals surface area contributed by atoms with E-state index in [4.69, 9.17) is 5.11 Å². The number of alkyl halides is 3. The van der Waals surface area contributed by atoms with Crippen LogP contribution in [-0.2, 0) is 4.79 Å². The van der Waals surface area contributed by atoms with Gasteiger partial charge in [-0.25, -0.2) is 0 Å². The van der Waals surface area contributed by atoms with Crippen LogP contribution in [0.3, 0.4) is 0 Å². The van der Waals surface area contributed by atoms with Crippen LogP contribution >= 0.6 is 0 Å². The molecule has 0 spiro atoms. The molecule has 0 radical (unpaired) electrons. The molecule has 0 aliphatic heterocycles. The maximum Gasteiger partial charge on any atom is 0.415 e. The number of hydrogen-bond acceptors (Lipinski definition) is 2. The Morgan fingerprint density at radius 2 is 2.00 bits per heavy atom. The highest BCUT2D eigenvalue weighted by Crippen LogP contribution is 2.29. The van der Waals surface area contributed by atoms with Crippen LogP contribution in [-0.4, -0.2) is 23.2 Å². The van der Waals surface area contributed by atoms with Gasteiger partial charge in [-0.3, -0.25) is 4.79 Å². The Labute approximate surface area is 74.1 Å². The van der Waals surface area contributed by atoms with E-state index in [1.54, 1.807) is 0 Å². The third-order valence-electron chi connectivity index (χ3n) is 1.43. The molecular formula is C8H11F3O2. The molecule has 2 nitrogen and oxygen atoms in total. The van der Waals surface area contributed by atoms with E-state index in [0.717, 1.165) is 6.92 Å². The lowest BCUT2D eigenvalue weighted by Crippen LogP contribution is -2.24. The molecule has 0 rings (SSSR count). The van der Waals surface area contributed by atoms with E-state index in [-0.39, 0.29) is 6.42 Å². The summed E-state index contributed by atoms with van der Waals surface area (Å²) in [5.74, 6) is -0.722. The highest BCUT2D eigenvalue weighted by Gasteiger charge is 2.37. The number of ketones is 1. The number of allylic oxidation sites excluding steroid dienone is 1. The summed E-state index contributed by atoms with van der Waals surface area (Å²) in [5, 5.41) is 8.96. The first-order valence-electron chi connectivity index (χ1n) is 3.76. The zero-order chi connectivity index (χ0) is 10.6. The van der Waals surface area contributed by atoms with Crippen LogP contribution in [0, 0.1) is 0 Å². The summed E-state index contributed by atoms with van der Waals surface area (Å²) < 4.78 is 36.4. The summed E-state index contributed by atoms with van der Waals surface area (Å²) >= 11 is 0.